The van der Waals surface area contributed by atoms with Crippen LogP contribution in [0.4, 0.5) is 13.2 Å². The molecule has 0 aliphatic heterocycles. The molecule has 112 valence electrons. The van der Waals surface area contributed by atoms with Crippen LogP contribution in [0.5, 0.6) is 0 Å². The number of benzene rings is 1. The van der Waals surface area contributed by atoms with Gasteiger partial charge in [0.25, 0.3) is 0 Å². The van der Waals surface area contributed by atoms with Gasteiger partial charge in [0.2, 0.25) is 0 Å². The molecule has 0 radical (unpaired) electrons. The first-order valence-electron chi connectivity index (χ1n) is 6.19. The van der Waals surface area contributed by atoms with Crippen LogP contribution >= 0.6 is 11.6 Å². The Balaban J connectivity index is 2.31. The zero-order valence-electron chi connectivity index (χ0n) is 11.1. The molecule has 1 aromatic heterocycles. The van der Waals surface area contributed by atoms with Gasteiger partial charge in [-0.2, -0.15) is 13.2 Å². The fourth-order valence-electron chi connectivity index (χ4n) is 1.70. The molecule has 0 aliphatic rings. The first-order chi connectivity index (χ1) is 9.90. The normalized spacial score (nSPS) is 11.7. The van der Waals surface area contributed by atoms with Gasteiger partial charge in [-0.05, 0) is 19.1 Å². The molecule has 21 heavy (non-hydrogen) atoms. The summed E-state index contributed by atoms with van der Waals surface area (Å²) in [7, 11) is 0. The van der Waals surface area contributed by atoms with Crippen molar-refractivity contribution in [2.45, 2.75) is 19.7 Å². The largest absolute Gasteiger partial charge is 0.416 e. The first kappa shape index (κ1) is 15.7. The second kappa shape index (κ2) is 6.41. The molecule has 0 amide bonds. The number of hydrogen-bond donors (Lipinski definition) is 0. The molecule has 2 rings (SSSR count). The number of halogens is 4. The molecule has 0 saturated heterocycles. The lowest BCUT2D eigenvalue weighted by molar-refractivity contribution is -0.137. The zero-order chi connectivity index (χ0) is 15.5. The lowest BCUT2D eigenvalue weighted by atomic mass is 10.1. The lowest BCUT2D eigenvalue weighted by Gasteiger charge is -2.08. The summed E-state index contributed by atoms with van der Waals surface area (Å²) in [5.74, 6) is 0.388. The van der Waals surface area contributed by atoms with Crippen LogP contribution in [0.1, 0.15) is 18.3 Å². The summed E-state index contributed by atoms with van der Waals surface area (Å²) in [5, 5.41) is 0.217. The summed E-state index contributed by atoms with van der Waals surface area (Å²) in [4.78, 5) is 8.23. The van der Waals surface area contributed by atoms with Gasteiger partial charge in [0.1, 0.15) is 11.8 Å². The Morgan fingerprint density at radius 3 is 2.38 bits per heavy atom. The van der Waals surface area contributed by atoms with Crippen molar-refractivity contribution >= 4 is 11.6 Å². The third-order valence-corrected chi connectivity index (χ3v) is 2.88. The van der Waals surface area contributed by atoms with Crippen molar-refractivity contribution in [2.24, 2.45) is 0 Å². The summed E-state index contributed by atoms with van der Waals surface area (Å²) in [6, 6.07) is 6.22. The first-order valence-corrected chi connectivity index (χ1v) is 6.57. The van der Waals surface area contributed by atoms with Crippen molar-refractivity contribution in [1.29, 1.82) is 0 Å². The summed E-state index contributed by atoms with van der Waals surface area (Å²) in [6.07, 6.45) is -4.36. The van der Waals surface area contributed by atoms with E-state index in [0.717, 1.165) is 12.1 Å². The Labute approximate surface area is 124 Å². The summed E-state index contributed by atoms with van der Waals surface area (Å²) < 4.78 is 42.8. The molecule has 0 bridgehead atoms. The van der Waals surface area contributed by atoms with Crippen molar-refractivity contribution in [2.75, 3.05) is 6.61 Å². The molecule has 1 heterocycles. The average Bonchev–Trinajstić information content (AvgIpc) is 2.44. The number of alkyl halides is 3. The number of hydrogen-bond acceptors (Lipinski definition) is 3. The third-order valence-electron chi connectivity index (χ3n) is 2.68. The lowest BCUT2D eigenvalue weighted by Crippen LogP contribution is -2.04. The third kappa shape index (κ3) is 4.15. The van der Waals surface area contributed by atoms with E-state index in [9.17, 15) is 13.2 Å². The minimum absolute atomic E-state index is 0.199. The standard InChI is InChI=1S/C14H12ClF3N2O/c1-2-21-8-13-19-11(7-12(15)20-13)9-3-5-10(6-4-9)14(16,17)18/h3-7H,2,8H2,1H3. The van der Waals surface area contributed by atoms with Gasteiger partial charge in [-0.1, -0.05) is 23.7 Å². The second-order valence-electron chi connectivity index (χ2n) is 4.20. The van der Waals surface area contributed by atoms with E-state index in [1.54, 1.807) is 0 Å². The second-order valence-corrected chi connectivity index (χ2v) is 4.59. The highest BCUT2D eigenvalue weighted by atomic mass is 35.5. The zero-order valence-corrected chi connectivity index (χ0v) is 11.9. The molecule has 3 nitrogen and oxygen atoms in total. The van der Waals surface area contributed by atoms with Crippen LogP contribution < -0.4 is 0 Å². The average molecular weight is 317 g/mol. The fourth-order valence-corrected chi connectivity index (χ4v) is 1.90. The molecule has 0 unspecified atom stereocenters. The van der Waals surface area contributed by atoms with Gasteiger partial charge in [-0.3, -0.25) is 0 Å². The van der Waals surface area contributed by atoms with Crippen LogP contribution in [-0.2, 0) is 17.5 Å². The van der Waals surface area contributed by atoms with Crippen LogP contribution in [0, 0.1) is 0 Å². The molecule has 0 spiro atoms. The smallest absolute Gasteiger partial charge is 0.374 e. The van der Waals surface area contributed by atoms with E-state index in [4.69, 9.17) is 16.3 Å². The summed E-state index contributed by atoms with van der Waals surface area (Å²) in [6.45, 7) is 2.54. The Morgan fingerprint density at radius 1 is 1.14 bits per heavy atom. The van der Waals surface area contributed by atoms with E-state index in [0.29, 0.717) is 23.7 Å². The molecule has 7 heteroatoms. The Bertz CT molecular complexity index is 615. The van der Waals surface area contributed by atoms with E-state index in [2.05, 4.69) is 9.97 Å². The van der Waals surface area contributed by atoms with E-state index in [1.807, 2.05) is 6.92 Å². The highest BCUT2D eigenvalue weighted by Crippen LogP contribution is 2.30. The van der Waals surface area contributed by atoms with Crippen LogP contribution in [0.3, 0.4) is 0 Å². The van der Waals surface area contributed by atoms with Gasteiger partial charge in [0, 0.05) is 18.2 Å². The molecule has 0 fully saturated rings. The van der Waals surface area contributed by atoms with Gasteiger partial charge in [0.05, 0.1) is 11.3 Å². The number of ether oxygens (including phenoxy) is 1. The molecule has 0 atom stereocenters. The van der Waals surface area contributed by atoms with Crippen LogP contribution in [0.15, 0.2) is 30.3 Å². The van der Waals surface area contributed by atoms with E-state index in [1.165, 1.54) is 18.2 Å². The van der Waals surface area contributed by atoms with Crippen molar-refractivity contribution in [3.63, 3.8) is 0 Å². The molecule has 1 aromatic carbocycles. The fraction of sp³-hybridized carbons (Fsp3) is 0.286. The molecule has 2 aromatic rings. The maximum absolute atomic E-state index is 12.5. The quantitative estimate of drug-likeness (QED) is 0.786. The van der Waals surface area contributed by atoms with Gasteiger partial charge in [-0.15, -0.1) is 0 Å². The van der Waals surface area contributed by atoms with Crippen LogP contribution in [0.25, 0.3) is 11.3 Å². The molecule has 0 saturated carbocycles. The van der Waals surface area contributed by atoms with Crippen molar-refractivity contribution < 1.29 is 17.9 Å². The summed E-state index contributed by atoms with van der Waals surface area (Å²) >= 11 is 5.90. The number of nitrogens with zero attached hydrogens (tertiary/aromatic N) is 2. The van der Waals surface area contributed by atoms with E-state index >= 15 is 0 Å². The van der Waals surface area contributed by atoms with Gasteiger partial charge < -0.3 is 4.74 Å². The van der Waals surface area contributed by atoms with Gasteiger partial charge in [0.15, 0.2) is 5.82 Å². The highest BCUT2D eigenvalue weighted by Gasteiger charge is 2.30. The molecular formula is C14H12ClF3N2O. The maximum Gasteiger partial charge on any atom is 0.416 e. The molecule has 0 aliphatic carbocycles. The van der Waals surface area contributed by atoms with Crippen molar-refractivity contribution in [3.8, 4) is 11.3 Å². The number of rotatable bonds is 4. The molecule has 0 N–H and O–H groups in total. The predicted molar refractivity (Wildman–Crippen MR) is 72.8 cm³/mol. The molecular weight excluding hydrogens is 305 g/mol. The Morgan fingerprint density at radius 2 is 1.81 bits per heavy atom. The SMILES string of the molecule is CCOCc1nc(Cl)cc(-c2ccc(C(F)(F)F)cc2)n1. The minimum atomic E-state index is -4.36. The van der Waals surface area contributed by atoms with Crippen molar-refractivity contribution in [3.05, 3.63) is 46.9 Å². The Kier molecular flexibility index (Phi) is 4.80. The predicted octanol–water partition coefficient (Wildman–Crippen LogP) is 4.35. The maximum atomic E-state index is 12.5. The van der Waals surface area contributed by atoms with E-state index < -0.39 is 11.7 Å². The monoisotopic (exact) mass is 316 g/mol. The van der Waals surface area contributed by atoms with Crippen LogP contribution in [0.2, 0.25) is 5.15 Å². The minimum Gasteiger partial charge on any atom is -0.374 e. The van der Waals surface area contributed by atoms with E-state index in [-0.39, 0.29) is 11.8 Å². The van der Waals surface area contributed by atoms with Gasteiger partial charge in [-0.25, -0.2) is 9.97 Å². The topological polar surface area (TPSA) is 35.0 Å². The van der Waals surface area contributed by atoms with Crippen LogP contribution in [-0.4, -0.2) is 16.6 Å². The summed E-state index contributed by atoms with van der Waals surface area (Å²) in [5.41, 5.74) is 0.282. The van der Waals surface area contributed by atoms with Gasteiger partial charge >= 0.3 is 6.18 Å². The highest BCUT2D eigenvalue weighted by molar-refractivity contribution is 6.29. The number of aromatic nitrogens is 2. The Hall–Kier alpha value is -1.66. The van der Waals surface area contributed by atoms with Crippen molar-refractivity contribution in [1.82, 2.24) is 9.97 Å².